The Morgan fingerprint density at radius 3 is 2.18 bits per heavy atom. The third kappa shape index (κ3) is 10.00. The summed E-state index contributed by atoms with van der Waals surface area (Å²) in [6, 6.07) is 18.5. The van der Waals surface area contributed by atoms with Crippen molar-refractivity contribution in [3.8, 4) is 6.07 Å². The molecule has 1 unspecified atom stereocenters. The van der Waals surface area contributed by atoms with E-state index in [0.717, 1.165) is 36.9 Å². The van der Waals surface area contributed by atoms with Crippen LogP contribution in [0.15, 0.2) is 71.8 Å². The molecule has 2 aromatic heterocycles. The Balaban J connectivity index is 0.000000727. The quantitative estimate of drug-likeness (QED) is 0.114. The highest BCUT2D eigenvalue weighted by Crippen LogP contribution is 2.30. The molecule has 1 atom stereocenters. The minimum atomic E-state index is -5.08. The van der Waals surface area contributed by atoms with Gasteiger partial charge in [0.05, 0.1) is 4.90 Å². The number of H-pyrrole nitrogens is 1. The SMILES string of the molecule is Cc1[nH]c(C#N)cc1C(C)NC1CCC(N(C)S(=O)(=O)c2ccc(Nc3nccc(Nc4ccc(F)cc4)n3)cc2)CC1.O=C(O)C(F)(F)F. The van der Waals surface area contributed by atoms with E-state index in [9.17, 15) is 26.0 Å². The van der Waals surface area contributed by atoms with Crippen molar-refractivity contribution in [1.82, 2.24) is 24.6 Å². The van der Waals surface area contributed by atoms with Crippen LogP contribution >= 0.6 is 0 Å². The summed E-state index contributed by atoms with van der Waals surface area (Å²) in [6.45, 7) is 4.06. The van der Waals surface area contributed by atoms with Gasteiger partial charge >= 0.3 is 12.1 Å². The summed E-state index contributed by atoms with van der Waals surface area (Å²) in [5.74, 6) is -2.22. The van der Waals surface area contributed by atoms with E-state index in [0.29, 0.717) is 28.8 Å². The van der Waals surface area contributed by atoms with Crippen LogP contribution < -0.4 is 16.0 Å². The van der Waals surface area contributed by atoms with Crippen LogP contribution in [0.4, 0.5) is 40.7 Å². The number of nitrogens with one attached hydrogen (secondary N) is 4. The Hall–Kier alpha value is -5.05. The Morgan fingerprint density at radius 2 is 1.62 bits per heavy atom. The van der Waals surface area contributed by atoms with E-state index in [-0.39, 0.29) is 28.8 Å². The van der Waals surface area contributed by atoms with Crippen molar-refractivity contribution in [2.45, 2.75) is 68.7 Å². The number of hydrogen-bond donors (Lipinski definition) is 5. The topological polar surface area (TPSA) is 176 Å². The van der Waals surface area contributed by atoms with Crippen LogP contribution in [0, 0.1) is 24.1 Å². The van der Waals surface area contributed by atoms with Crippen LogP contribution in [0.2, 0.25) is 0 Å². The first-order chi connectivity index (χ1) is 23.6. The van der Waals surface area contributed by atoms with Crippen LogP contribution in [-0.2, 0) is 14.8 Å². The second-order valence-corrected chi connectivity index (χ2v) is 13.6. The zero-order valence-electron chi connectivity index (χ0n) is 27.3. The van der Waals surface area contributed by atoms with Gasteiger partial charge in [-0.25, -0.2) is 22.6 Å². The Kier molecular flexibility index (Phi) is 12.2. The van der Waals surface area contributed by atoms with Crippen LogP contribution in [0.25, 0.3) is 0 Å². The first-order valence-corrected chi connectivity index (χ1v) is 16.9. The number of aryl methyl sites for hydroxylation is 1. The highest BCUT2D eigenvalue weighted by Gasteiger charge is 2.38. The third-order valence-electron chi connectivity index (χ3n) is 8.14. The van der Waals surface area contributed by atoms with Crippen molar-refractivity contribution < 1.29 is 35.9 Å². The predicted octanol–water partition coefficient (Wildman–Crippen LogP) is 6.53. The number of carboxylic acid groups (broad SMARTS) is 1. The van der Waals surface area contributed by atoms with Gasteiger partial charge in [-0.2, -0.15) is 27.7 Å². The molecule has 0 amide bonds. The number of aliphatic carboxylic acids is 1. The molecule has 12 nitrogen and oxygen atoms in total. The van der Waals surface area contributed by atoms with Gasteiger partial charge in [-0.3, -0.25) is 0 Å². The van der Waals surface area contributed by atoms with Gasteiger partial charge in [0.2, 0.25) is 16.0 Å². The van der Waals surface area contributed by atoms with E-state index in [1.165, 1.54) is 16.4 Å². The molecule has 0 aliphatic heterocycles. The van der Waals surface area contributed by atoms with Gasteiger partial charge in [0.1, 0.15) is 23.4 Å². The number of anilines is 4. The Morgan fingerprint density at radius 1 is 1.04 bits per heavy atom. The number of aromatic amines is 1. The van der Waals surface area contributed by atoms with Crippen molar-refractivity contribution in [3.05, 3.63) is 89.6 Å². The average Bonchev–Trinajstić information content (AvgIpc) is 3.47. The molecule has 0 bridgehead atoms. The van der Waals surface area contributed by atoms with Gasteiger partial charge in [0.15, 0.2) is 0 Å². The van der Waals surface area contributed by atoms with Crippen LogP contribution in [0.3, 0.4) is 0 Å². The number of rotatable bonds is 10. The van der Waals surface area contributed by atoms with E-state index in [1.807, 2.05) is 13.0 Å². The van der Waals surface area contributed by atoms with E-state index in [1.54, 1.807) is 55.7 Å². The monoisotopic (exact) mass is 716 g/mol. The van der Waals surface area contributed by atoms with Crippen molar-refractivity contribution in [2.75, 3.05) is 17.7 Å². The number of sulfonamides is 1. The van der Waals surface area contributed by atoms with Crippen molar-refractivity contribution in [1.29, 1.82) is 5.26 Å². The number of nitriles is 1. The zero-order chi connectivity index (χ0) is 36.6. The second-order valence-electron chi connectivity index (χ2n) is 11.6. The zero-order valence-corrected chi connectivity index (χ0v) is 28.1. The molecule has 1 aliphatic carbocycles. The summed E-state index contributed by atoms with van der Waals surface area (Å²) in [6.07, 6.45) is -0.252. The number of halogens is 4. The highest BCUT2D eigenvalue weighted by atomic mass is 32.2. The van der Waals surface area contributed by atoms with Crippen LogP contribution in [0.5, 0.6) is 0 Å². The largest absolute Gasteiger partial charge is 0.490 e. The molecule has 2 heterocycles. The summed E-state index contributed by atoms with van der Waals surface area (Å²) < 4.78 is 73.3. The molecule has 1 fully saturated rings. The maximum absolute atomic E-state index is 13.5. The summed E-state index contributed by atoms with van der Waals surface area (Å²) in [7, 11) is -2.02. The smallest absolute Gasteiger partial charge is 0.475 e. The summed E-state index contributed by atoms with van der Waals surface area (Å²) >= 11 is 0. The molecule has 17 heteroatoms. The van der Waals surface area contributed by atoms with Crippen molar-refractivity contribution in [3.63, 3.8) is 0 Å². The number of alkyl halides is 3. The van der Waals surface area contributed by atoms with Gasteiger partial charge in [0, 0.05) is 48.4 Å². The predicted molar refractivity (Wildman–Crippen MR) is 178 cm³/mol. The molecular weight excluding hydrogens is 680 g/mol. The molecule has 5 N–H and O–H groups in total. The maximum atomic E-state index is 13.5. The molecule has 2 aromatic carbocycles. The molecular formula is C33H36F4N8O4S. The van der Waals surface area contributed by atoms with E-state index < -0.39 is 22.2 Å². The van der Waals surface area contributed by atoms with Gasteiger partial charge < -0.3 is 26.0 Å². The van der Waals surface area contributed by atoms with E-state index in [4.69, 9.17) is 15.2 Å². The number of carboxylic acids is 1. The molecule has 1 saturated carbocycles. The highest BCUT2D eigenvalue weighted by molar-refractivity contribution is 7.89. The fraction of sp³-hybridized carbons (Fsp3) is 0.333. The van der Waals surface area contributed by atoms with Crippen LogP contribution in [0.1, 0.15) is 55.6 Å². The number of aromatic nitrogens is 3. The Labute approximate surface area is 286 Å². The first kappa shape index (κ1) is 37.8. The fourth-order valence-corrected chi connectivity index (χ4v) is 6.92. The van der Waals surface area contributed by atoms with E-state index in [2.05, 4.69) is 43.9 Å². The minimum absolute atomic E-state index is 0.0832. The van der Waals surface area contributed by atoms with Gasteiger partial charge in [0.25, 0.3) is 0 Å². The normalized spacial score (nSPS) is 16.9. The molecule has 0 spiro atoms. The summed E-state index contributed by atoms with van der Waals surface area (Å²) in [4.78, 5) is 20.9. The number of nitrogens with zero attached hydrogens (tertiary/aromatic N) is 4. The molecule has 4 aromatic rings. The molecule has 0 saturated heterocycles. The van der Waals surface area contributed by atoms with Gasteiger partial charge in [-0.1, -0.05) is 0 Å². The standard InChI is InChI=1S/C31H35FN8O2S.C2HF3O2/c1-20(29-18-26(19-33)36-21(29)2)35-23-8-12-27(13-9-23)40(3)43(41,42)28-14-10-25(11-15-28)38-31-34-17-16-30(39-31)37-24-6-4-22(32)5-7-24;3-2(4,5)1(6)7/h4-7,10-11,14-18,20,23,27,35-36H,8-9,12-13H2,1-3H3,(H2,34,37,38,39);(H,6,7). The lowest BCUT2D eigenvalue weighted by Gasteiger charge is -2.35. The lowest BCUT2D eigenvalue weighted by Crippen LogP contribution is -2.43. The third-order valence-corrected chi connectivity index (χ3v) is 10.1. The maximum Gasteiger partial charge on any atom is 0.490 e. The molecule has 0 radical (unpaired) electrons. The summed E-state index contributed by atoms with van der Waals surface area (Å²) in [5.41, 5.74) is 3.94. The lowest BCUT2D eigenvalue weighted by molar-refractivity contribution is -0.192. The van der Waals surface area contributed by atoms with Crippen molar-refractivity contribution in [2.24, 2.45) is 0 Å². The first-order valence-electron chi connectivity index (χ1n) is 15.4. The van der Waals surface area contributed by atoms with Gasteiger partial charge in [-0.15, -0.1) is 0 Å². The molecule has 5 rings (SSSR count). The number of benzene rings is 2. The Bertz CT molecular complexity index is 1910. The van der Waals surface area contributed by atoms with E-state index >= 15 is 0 Å². The number of carbonyl (C=O) groups is 1. The molecule has 266 valence electrons. The average molecular weight is 717 g/mol. The van der Waals surface area contributed by atoms with Crippen LogP contribution in [-0.4, -0.2) is 64.1 Å². The minimum Gasteiger partial charge on any atom is -0.475 e. The molecule has 50 heavy (non-hydrogen) atoms. The number of hydrogen-bond acceptors (Lipinski definition) is 9. The summed E-state index contributed by atoms with van der Waals surface area (Å²) in [5, 5.41) is 26.1. The van der Waals surface area contributed by atoms with Gasteiger partial charge in [-0.05, 0) is 106 Å². The fourth-order valence-electron chi connectivity index (χ4n) is 5.50. The van der Waals surface area contributed by atoms with Crippen molar-refractivity contribution >= 4 is 39.1 Å². The molecule has 1 aliphatic rings. The second kappa shape index (κ2) is 16.1. The lowest BCUT2D eigenvalue weighted by atomic mass is 9.90.